The summed E-state index contributed by atoms with van der Waals surface area (Å²) in [5.74, 6) is 0.457. The largest absolute Gasteiger partial charge is 0.368 e. The summed E-state index contributed by atoms with van der Waals surface area (Å²) < 4.78 is 0. The Hall–Kier alpha value is -2.44. The van der Waals surface area contributed by atoms with E-state index in [0.717, 1.165) is 31.4 Å². The second kappa shape index (κ2) is 6.76. The number of aromatic nitrogens is 2. The maximum Gasteiger partial charge on any atom is 0.246 e. The van der Waals surface area contributed by atoms with Crippen LogP contribution in [0.15, 0.2) is 18.5 Å². The van der Waals surface area contributed by atoms with Crippen LogP contribution in [0, 0.1) is 0 Å². The molecule has 1 aromatic heterocycles. The first kappa shape index (κ1) is 15.5. The summed E-state index contributed by atoms with van der Waals surface area (Å²) in [7, 11) is 0. The van der Waals surface area contributed by atoms with Crippen LogP contribution in [0.4, 0.5) is 5.95 Å². The van der Waals surface area contributed by atoms with Crippen molar-refractivity contribution in [3.63, 3.8) is 0 Å². The van der Waals surface area contributed by atoms with E-state index in [4.69, 9.17) is 5.73 Å². The van der Waals surface area contributed by atoms with Gasteiger partial charge in [-0.15, -0.1) is 0 Å². The first-order valence-electron chi connectivity index (χ1n) is 7.97. The van der Waals surface area contributed by atoms with E-state index in [-0.39, 0.29) is 17.8 Å². The number of anilines is 1. The molecule has 2 aliphatic heterocycles. The van der Waals surface area contributed by atoms with Crippen LogP contribution in [0.25, 0.3) is 6.08 Å². The third-order valence-corrected chi connectivity index (χ3v) is 4.44. The molecular formula is C16H21N5O2. The van der Waals surface area contributed by atoms with Crippen molar-refractivity contribution >= 4 is 23.8 Å². The summed E-state index contributed by atoms with van der Waals surface area (Å²) in [6, 6.07) is 0.295. The molecule has 0 radical (unpaired) electrons. The summed E-state index contributed by atoms with van der Waals surface area (Å²) in [6.45, 7) is 2.25. The van der Waals surface area contributed by atoms with Crippen LogP contribution in [-0.2, 0) is 9.59 Å². The van der Waals surface area contributed by atoms with Crippen molar-refractivity contribution in [1.82, 2.24) is 19.8 Å². The molecule has 2 aliphatic rings. The average Bonchev–Trinajstić information content (AvgIpc) is 3.00. The predicted octanol–water partition coefficient (Wildman–Crippen LogP) is 0.685. The number of carbonyl (C=O) groups is 2. The lowest BCUT2D eigenvalue weighted by Crippen LogP contribution is -2.46. The molecule has 3 heterocycles. The van der Waals surface area contributed by atoms with E-state index in [0.29, 0.717) is 25.6 Å². The fraction of sp³-hybridized carbons (Fsp3) is 0.500. The number of hydrogen-bond donors (Lipinski definition) is 1. The van der Waals surface area contributed by atoms with Gasteiger partial charge in [-0.05, 0) is 25.3 Å². The minimum atomic E-state index is -0.0203. The highest BCUT2D eigenvalue weighted by Gasteiger charge is 2.31. The van der Waals surface area contributed by atoms with Crippen LogP contribution in [0.2, 0.25) is 0 Å². The number of carbonyl (C=O) groups excluding carboxylic acids is 2. The van der Waals surface area contributed by atoms with Crippen LogP contribution in [0.1, 0.15) is 31.2 Å². The van der Waals surface area contributed by atoms with Crippen LogP contribution in [0.5, 0.6) is 0 Å². The molecule has 2 fully saturated rings. The third kappa shape index (κ3) is 3.67. The van der Waals surface area contributed by atoms with Crippen LogP contribution in [-0.4, -0.2) is 57.3 Å². The normalized spacial score (nSPS) is 19.7. The fourth-order valence-electron chi connectivity index (χ4n) is 3.16. The first-order chi connectivity index (χ1) is 11.1. The van der Waals surface area contributed by atoms with Gasteiger partial charge in [-0.1, -0.05) is 0 Å². The number of nitrogens with zero attached hydrogens (tertiary/aromatic N) is 4. The molecule has 0 aromatic carbocycles. The van der Waals surface area contributed by atoms with Gasteiger partial charge < -0.3 is 15.5 Å². The van der Waals surface area contributed by atoms with E-state index >= 15 is 0 Å². The Bertz CT molecular complexity index is 605. The Morgan fingerprint density at radius 2 is 1.91 bits per heavy atom. The molecule has 2 N–H and O–H groups in total. The molecular weight excluding hydrogens is 294 g/mol. The topological polar surface area (TPSA) is 92.4 Å². The number of hydrogen-bond acceptors (Lipinski definition) is 5. The van der Waals surface area contributed by atoms with E-state index < -0.39 is 0 Å². The van der Waals surface area contributed by atoms with Gasteiger partial charge in [0.05, 0.1) is 0 Å². The summed E-state index contributed by atoms with van der Waals surface area (Å²) in [5, 5.41) is 0. The van der Waals surface area contributed by atoms with Gasteiger partial charge in [-0.2, -0.15) is 0 Å². The monoisotopic (exact) mass is 315 g/mol. The van der Waals surface area contributed by atoms with E-state index in [1.54, 1.807) is 18.5 Å². The second-order valence-corrected chi connectivity index (χ2v) is 5.96. The summed E-state index contributed by atoms with van der Waals surface area (Å²) >= 11 is 0. The van der Waals surface area contributed by atoms with Gasteiger partial charge >= 0.3 is 0 Å². The maximum absolute atomic E-state index is 12.2. The molecule has 0 aliphatic carbocycles. The zero-order chi connectivity index (χ0) is 16.2. The third-order valence-electron chi connectivity index (χ3n) is 4.44. The molecule has 7 nitrogen and oxygen atoms in total. The highest BCUT2D eigenvalue weighted by Crippen LogP contribution is 2.22. The molecule has 0 saturated carbocycles. The van der Waals surface area contributed by atoms with Crippen molar-refractivity contribution < 1.29 is 9.59 Å². The lowest BCUT2D eigenvalue weighted by Gasteiger charge is -2.36. The van der Waals surface area contributed by atoms with Crippen molar-refractivity contribution in [2.45, 2.75) is 31.7 Å². The zero-order valence-corrected chi connectivity index (χ0v) is 13.0. The molecule has 1 aromatic rings. The molecule has 122 valence electrons. The standard InChI is InChI=1S/C16H21N5O2/c17-16-18-10-12(11-19-16)3-4-14(22)20-8-5-13(6-9-20)21-7-1-2-15(21)23/h3-4,10-11,13H,1-2,5-9H2,(H2,17,18,19). The van der Waals surface area contributed by atoms with Crippen LogP contribution < -0.4 is 5.73 Å². The number of likely N-dealkylation sites (tertiary alicyclic amines) is 2. The van der Waals surface area contributed by atoms with Gasteiger partial charge in [0.1, 0.15) is 0 Å². The summed E-state index contributed by atoms with van der Waals surface area (Å²) in [5.41, 5.74) is 6.17. The van der Waals surface area contributed by atoms with Gasteiger partial charge in [0, 0.05) is 56.1 Å². The molecule has 0 atom stereocenters. The minimum absolute atomic E-state index is 0.0203. The molecule has 2 saturated heterocycles. The molecule has 0 spiro atoms. The number of nitrogen functional groups attached to an aromatic ring is 1. The summed E-state index contributed by atoms with van der Waals surface area (Å²) in [4.78, 5) is 35.6. The van der Waals surface area contributed by atoms with Crippen LogP contribution in [0.3, 0.4) is 0 Å². The van der Waals surface area contributed by atoms with Crippen molar-refractivity contribution in [3.8, 4) is 0 Å². The van der Waals surface area contributed by atoms with Crippen molar-refractivity contribution in [2.24, 2.45) is 0 Å². The lowest BCUT2D eigenvalue weighted by atomic mass is 10.0. The molecule has 3 rings (SSSR count). The Morgan fingerprint density at radius 1 is 1.22 bits per heavy atom. The zero-order valence-electron chi connectivity index (χ0n) is 13.0. The second-order valence-electron chi connectivity index (χ2n) is 5.96. The van der Waals surface area contributed by atoms with Crippen molar-refractivity contribution in [3.05, 3.63) is 24.0 Å². The van der Waals surface area contributed by atoms with E-state index in [2.05, 4.69) is 9.97 Å². The molecule has 2 amide bonds. The number of piperidine rings is 1. The average molecular weight is 315 g/mol. The minimum Gasteiger partial charge on any atom is -0.368 e. The fourth-order valence-corrected chi connectivity index (χ4v) is 3.16. The summed E-state index contributed by atoms with van der Waals surface area (Å²) in [6.07, 6.45) is 9.74. The van der Waals surface area contributed by atoms with E-state index in [9.17, 15) is 9.59 Å². The number of rotatable bonds is 3. The van der Waals surface area contributed by atoms with E-state index in [1.807, 2.05) is 9.80 Å². The SMILES string of the molecule is Nc1ncc(C=CC(=O)N2CCC(N3CCCC3=O)CC2)cn1. The highest BCUT2D eigenvalue weighted by atomic mass is 16.2. The highest BCUT2D eigenvalue weighted by molar-refractivity contribution is 5.91. The number of nitrogens with two attached hydrogens (primary N) is 1. The smallest absolute Gasteiger partial charge is 0.246 e. The molecule has 0 unspecified atom stereocenters. The van der Waals surface area contributed by atoms with Crippen LogP contribution >= 0.6 is 0 Å². The molecule has 7 heteroatoms. The maximum atomic E-state index is 12.2. The number of amides is 2. The predicted molar refractivity (Wildman–Crippen MR) is 86.0 cm³/mol. The Kier molecular flexibility index (Phi) is 4.55. The van der Waals surface area contributed by atoms with Gasteiger partial charge in [0.15, 0.2) is 0 Å². The van der Waals surface area contributed by atoms with Crippen molar-refractivity contribution in [1.29, 1.82) is 0 Å². The van der Waals surface area contributed by atoms with Gasteiger partial charge in [-0.25, -0.2) is 9.97 Å². The lowest BCUT2D eigenvalue weighted by molar-refractivity contribution is -0.132. The molecule has 23 heavy (non-hydrogen) atoms. The van der Waals surface area contributed by atoms with Gasteiger partial charge in [-0.3, -0.25) is 9.59 Å². The Labute approximate surface area is 135 Å². The quantitative estimate of drug-likeness (QED) is 0.828. The van der Waals surface area contributed by atoms with Gasteiger partial charge in [0.25, 0.3) is 0 Å². The van der Waals surface area contributed by atoms with E-state index in [1.165, 1.54) is 6.08 Å². The van der Waals surface area contributed by atoms with Gasteiger partial charge in [0.2, 0.25) is 17.8 Å². The first-order valence-corrected chi connectivity index (χ1v) is 7.97. The van der Waals surface area contributed by atoms with Crippen molar-refractivity contribution in [2.75, 3.05) is 25.4 Å². The Morgan fingerprint density at radius 3 is 2.52 bits per heavy atom. The Balaban J connectivity index is 1.52. The molecule has 0 bridgehead atoms.